The number of carbonyl (C=O) groups is 1. The molecule has 94 valence electrons. The van der Waals surface area contributed by atoms with E-state index in [1.807, 2.05) is 0 Å². The molecule has 2 rings (SSSR count). The molecule has 0 radical (unpaired) electrons. The van der Waals surface area contributed by atoms with Gasteiger partial charge in [0.2, 0.25) is 11.9 Å². The van der Waals surface area contributed by atoms with Crippen molar-refractivity contribution in [2.45, 2.75) is 0 Å². The van der Waals surface area contributed by atoms with Crippen LogP contribution in [-0.2, 0) is 4.79 Å². The lowest BCUT2D eigenvalue weighted by molar-refractivity contribution is -0.116. The highest BCUT2D eigenvalue weighted by Crippen LogP contribution is 2.13. The lowest BCUT2D eigenvalue weighted by Crippen LogP contribution is -2.32. The second-order valence-electron chi connectivity index (χ2n) is 3.99. The molecule has 1 aromatic carbocycles. The van der Waals surface area contributed by atoms with Crippen LogP contribution in [0.3, 0.4) is 0 Å². The van der Waals surface area contributed by atoms with Crippen LogP contribution in [0, 0.1) is 0 Å². The number of fused-ring (bicyclic) bond motifs is 1. The van der Waals surface area contributed by atoms with Crippen LogP contribution in [-0.4, -0.2) is 29.5 Å². The second kappa shape index (κ2) is 4.36. The SMILES string of the molecule is CN(CC(N)=O)c1nc2ccc(N)cc2c(=O)[nH]1. The zero-order valence-electron chi connectivity index (χ0n) is 9.80. The average Bonchev–Trinajstić information content (AvgIpc) is 2.29. The Morgan fingerprint density at radius 2 is 2.22 bits per heavy atom. The summed E-state index contributed by atoms with van der Waals surface area (Å²) in [6, 6.07) is 4.87. The smallest absolute Gasteiger partial charge is 0.260 e. The Bertz CT molecular complexity index is 664. The lowest BCUT2D eigenvalue weighted by atomic mass is 10.2. The Hall–Kier alpha value is -2.57. The van der Waals surface area contributed by atoms with Crippen molar-refractivity contribution in [1.29, 1.82) is 0 Å². The van der Waals surface area contributed by atoms with Gasteiger partial charge in [-0.2, -0.15) is 0 Å². The van der Waals surface area contributed by atoms with Gasteiger partial charge in [-0.3, -0.25) is 14.6 Å². The third-order valence-electron chi connectivity index (χ3n) is 2.47. The van der Waals surface area contributed by atoms with E-state index in [4.69, 9.17) is 11.5 Å². The Labute approximate surface area is 102 Å². The van der Waals surface area contributed by atoms with Crippen LogP contribution in [0.25, 0.3) is 10.9 Å². The summed E-state index contributed by atoms with van der Waals surface area (Å²) in [5.74, 6) is -0.214. The monoisotopic (exact) mass is 247 g/mol. The van der Waals surface area contributed by atoms with Gasteiger partial charge in [0.15, 0.2) is 0 Å². The van der Waals surface area contributed by atoms with Crippen LogP contribution >= 0.6 is 0 Å². The highest BCUT2D eigenvalue weighted by molar-refractivity contribution is 5.83. The molecule has 2 aromatic rings. The predicted molar refractivity (Wildman–Crippen MR) is 69.2 cm³/mol. The molecule has 0 unspecified atom stereocenters. The molecule has 0 saturated heterocycles. The molecule has 1 heterocycles. The Morgan fingerprint density at radius 1 is 1.50 bits per heavy atom. The van der Waals surface area contributed by atoms with Crippen molar-refractivity contribution in [3.63, 3.8) is 0 Å². The molecule has 5 N–H and O–H groups in total. The number of hydrogen-bond donors (Lipinski definition) is 3. The van der Waals surface area contributed by atoms with Crippen LogP contribution in [0.1, 0.15) is 0 Å². The van der Waals surface area contributed by atoms with Gasteiger partial charge >= 0.3 is 0 Å². The fourth-order valence-electron chi connectivity index (χ4n) is 1.63. The van der Waals surface area contributed by atoms with Gasteiger partial charge in [0.05, 0.1) is 17.4 Å². The normalized spacial score (nSPS) is 10.5. The van der Waals surface area contributed by atoms with Gasteiger partial charge in [-0.1, -0.05) is 0 Å². The number of amides is 1. The zero-order valence-corrected chi connectivity index (χ0v) is 9.80. The van der Waals surface area contributed by atoms with Crippen molar-refractivity contribution in [1.82, 2.24) is 9.97 Å². The summed E-state index contributed by atoms with van der Waals surface area (Å²) in [7, 11) is 1.62. The fraction of sp³-hybridized carbons (Fsp3) is 0.182. The van der Waals surface area contributed by atoms with Crippen molar-refractivity contribution in [3.8, 4) is 0 Å². The number of anilines is 2. The molecule has 1 aromatic heterocycles. The van der Waals surface area contributed by atoms with E-state index in [2.05, 4.69) is 9.97 Å². The molecule has 18 heavy (non-hydrogen) atoms. The number of benzene rings is 1. The van der Waals surface area contributed by atoms with Crippen molar-refractivity contribution < 1.29 is 4.79 Å². The first-order valence-electron chi connectivity index (χ1n) is 5.26. The minimum Gasteiger partial charge on any atom is -0.399 e. The minimum atomic E-state index is -0.502. The molecule has 7 nitrogen and oxygen atoms in total. The predicted octanol–water partition coefficient (Wildman–Crippen LogP) is -0.573. The number of aromatic amines is 1. The number of aromatic nitrogens is 2. The average molecular weight is 247 g/mol. The quantitative estimate of drug-likeness (QED) is 0.627. The van der Waals surface area contributed by atoms with E-state index in [0.717, 1.165) is 0 Å². The zero-order chi connectivity index (χ0) is 13.3. The molecule has 1 amide bonds. The van der Waals surface area contributed by atoms with Crippen LogP contribution in [0.2, 0.25) is 0 Å². The van der Waals surface area contributed by atoms with Gasteiger partial charge in [-0.25, -0.2) is 4.98 Å². The standard InChI is InChI=1S/C11H13N5O2/c1-16(5-9(13)17)11-14-8-3-2-6(12)4-7(8)10(18)15-11/h2-4H,5,12H2,1H3,(H2,13,17)(H,14,15,18). The van der Waals surface area contributed by atoms with E-state index < -0.39 is 5.91 Å². The number of rotatable bonds is 3. The first-order chi connectivity index (χ1) is 8.47. The highest BCUT2D eigenvalue weighted by Gasteiger charge is 2.09. The molecule has 0 bridgehead atoms. The van der Waals surface area contributed by atoms with Gasteiger partial charge in [0.1, 0.15) is 0 Å². The van der Waals surface area contributed by atoms with Crippen LogP contribution in [0.15, 0.2) is 23.0 Å². The van der Waals surface area contributed by atoms with Crippen LogP contribution in [0.5, 0.6) is 0 Å². The largest absolute Gasteiger partial charge is 0.399 e. The lowest BCUT2D eigenvalue weighted by Gasteiger charge is -2.15. The molecule has 0 aliphatic rings. The number of nitrogens with two attached hydrogens (primary N) is 2. The molecular weight excluding hydrogens is 234 g/mol. The second-order valence-corrected chi connectivity index (χ2v) is 3.99. The summed E-state index contributed by atoms with van der Waals surface area (Å²) in [4.78, 5) is 31.0. The molecule has 0 atom stereocenters. The van der Waals surface area contributed by atoms with Crippen molar-refractivity contribution in [2.24, 2.45) is 5.73 Å². The van der Waals surface area contributed by atoms with Gasteiger partial charge < -0.3 is 16.4 Å². The maximum atomic E-state index is 11.8. The third-order valence-corrected chi connectivity index (χ3v) is 2.47. The van der Waals surface area contributed by atoms with Crippen molar-refractivity contribution in [3.05, 3.63) is 28.6 Å². The summed E-state index contributed by atoms with van der Waals surface area (Å²) < 4.78 is 0. The maximum Gasteiger partial charge on any atom is 0.260 e. The maximum absolute atomic E-state index is 11.8. The van der Waals surface area contributed by atoms with Crippen molar-refractivity contribution >= 4 is 28.4 Å². The van der Waals surface area contributed by atoms with Gasteiger partial charge in [0, 0.05) is 12.7 Å². The third kappa shape index (κ3) is 2.24. The van der Waals surface area contributed by atoms with E-state index in [-0.39, 0.29) is 18.1 Å². The first-order valence-corrected chi connectivity index (χ1v) is 5.26. The number of likely N-dealkylation sites (N-methyl/N-ethyl adjacent to an activating group) is 1. The Balaban J connectivity index is 2.52. The fourth-order valence-corrected chi connectivity index (χ4v) is 1.63. The first kappa shape index (κ1) is 11.9. The van der Waals surface area contributed by atoms with Crippen LogP contribution < -0.4 is 21.9 Å². The van der Waals surface area contributed by atoms with Crippen LogP contribution in [0.4, 0.5) is 11.6 Å². The highest BCUT2D eigenvalue weighted by atomic mass is 16.1. The number of primary amides is 1. The van der Waals surface area contributed by atoms with Gasteiger partial charge in [-0.05, 0) is 18.2 Å². The number of nitrogens with zero attached hydrogens (tertiary/aromatic N) is 2. The molecule has 0 aliphatic carbocycles. The molecule has 7 heteroatoms. The van der Waals surface area contributed by atoms with Gasteiger partial charge in [0.25, 0.3) is 5.56 Å². The summed E-state index contributed by atoms with van der Waals surface area (Å²) in [5.41, 5.74) is 11.4. The molecular formula is C11H13N5O2. The Morgan fingerprint density at radius 3 is 2.89 bits per heavy atom. The minimum absolute atomic E-state index is 0.0244. The summed E-state index contributed by atoms with van der Waals surface area (Å²) in [6.07, 6.45) is 0. The van der Waals surface area contributed by atoms with Crippen molar-refractivity contribution in [2.75, 3.05) is 24.2 Å². The van der Waals surface area contributed by atoms with E-state index in [0.29, 0.717) is 16.6 Å². The number of hydrogen-bond acceptors (Lipinski definition) is 5. The molecule has 0 fully saturated rings. The number of carbonyl (C=O) groups excluding carboxylic acids is 1. The van der Waals surface area contributed by atoms with Gasteiger partial charge in [-0.15, -0.1) is 0 Å². The van der Waals surface area contributed by atoms with E-state index in [1.165, 1.54) is 4.90 Å². The van der Waals surface area contributed by atoms with E-state index in [1.54, 1.807) is 25.2 Å². The molecule has 0 aliphatic heterocycles. The Kier molecular flexibility index (Phi) is 2.88. The number of nitrogen functional groups attached to an aromatic ring is 1. The number of H-pyrrole nitrogens is 1. The summed E-state index contributed by atoms with van der Waals surface area (Å²) >= 11 is 0. The molecule has 0 saturated carbocycles. The number of nitrogens with one attached hydrogen (secondary N) is 1. The van der Waals surface area contributed by atoms with E-state index >= 15 is 0 Å². The molecule has 0 spiro atoms. The summed E-state index contributed by atoms with van der Waals surface area (Å²) in [5, 5.41) is 0.409. The summed E-state index contributed by atoms with van der Waals surface area (Å²) in [6.45, 7) is -0.0244. The van der Waals surface area contributed by atoms with E-state index in [9.17, 15) is 9.59 Å². The topological polar surface area (TPSA) is 118 Å².